The third kappa shape index (κ3) is 2.03. The van der Waals surface area contributed by atoms with Crippen LogP contribution in [0.5, 0.6) is 0 Å². The van der Waals surface area contributed by atoms with Crippen LogP contribution in [-0.4, -0.2) is 4.98 Å². The molecule has 0 aliphatic rings. The Morgan fingerprint density at radius 2 is 2.23 bits per heavy atom. The molecule has 0 fully saturated rings. The molecule has 1 rings (SSSR count). The second-order valence-corrected chi connectivity index (χ2v) is 3.35. The number of hydrogen-bond acceptors (Lipinski definition) is 2. The molecule has 0 amide bonds. The number of alkyl halides is 2. The van der Waals surface area contributed by atoms with Gasteiger partial charge >= 0.3 is 0 Å². The number of H-pyrrole nitrogens is 1. The van der Waals surface area contributed by atoms with Gasteiger partial charge in [0.05, 0.1) is 3.70 Å². The largest absolute Gasteiger partial charge is 0.316 e. The number of nitrogens with one attached hydrogen (secondary N) is 1. The molecule has 0 aromatic carbocycles. The van der Waals surface area contributed by atoms with E-state index in [1.165, 1.54) is 6.07 Å². The summed E-state index contributed by atoms with van der Waals surface area (Å²) in [5.41, 5.74) is -1.81. The average Bonchev–Trinajstić information content (AvgIpc) is 2.02. The van der Waals surface area contributed by atoms with Gasteiger partial charge in [-0.2, -0.15) is 5.26 Å². The standard InChI is InChI=1S/C7H3F2IN2O/c8-6(9)3-1-5(10)12-7(13)4(3)2-11/h1,6H,(H,12,13). The first-order valence-electron chi connectivity index (χ1n) is 3.17. The van der Waals surface area contributed by atoms with E-state index in [-0.39, 0.29) is 3.70 Å². The zero-order valence-electron chi connectivity index (χ0n) is 6.14. The van der Waals surface area contributed by atoms with E-state index < -0.39 is 23.1 Å². The molecule has 0 saturated carbocycles. The van der Waals surface area contributed by atoms with Crippen molar-refractivity contribution in [1.82, 2.24) is 4.98 Å². The molecule has 0 aliphatic heterocycles. The lowest BCUT2D eigenvalue weighted by molar-refractivity contribution is 0.150. The van der Waals surface area contributed by atoms with Crippen molar-refractivity contribution in [3.63, 3.8) is 0 Å². The molecule has 1 N–H and O–H groups in total. The number of nitrogens with zero attached hydrogens (tertiary/aromatic N) is 1. The summed E-state index contributed by atoms with van der Waals surface area (Å²) in [6, 6.07) is 2.53. The molecule has 6 heteroatoms. The lowest BCUT2D eigenvalue weighted by Crippen LogP contribution is -2.14. The molecule has 1 aromatic heterocycles. The fourth-order valence-corrected chi connectivity index (χ4v) is 1.41. The predicted molar refractivity (Wildman–Crippen MR) is 49.5 cm³/mol. The Labute approximate surface area is 85.5 Å². The number of pyridine rings is 1. The van der Waals surface area contributed by atoms with Crippen LogP contribution < -0.4 is 5.56 Å². The van der Waals surface area contributed by atoms with Gasteiger partial charge in [-0.05, 0) is 28.7 Å². The quantitative estimate of drug-likeness (QED) is 0.634. The maximum Gasteiger partial charge on any atom is 0.267 e. The van der Waals surface area contributed by atoms with Crippen molar-refractivity contribution in [3.05, 3.63) is 31.2 Å². The average molecular weight is 296 g/mol. The Morgan fingerprint density at radius 3 is 2.69 bits per heavy atom. The van der Waals surface area contributed by atoms with E-state index in [2.05, 4.69) is 4.98 Å². The van der Waals surface area contributed by atoms with Crippen LogP contribution in [0.25, 0.3) is 0 Å². The Bertz CT molecular complexity index is 421. The van der Waals surface area contributed by atoms with E-state index in [4.69, 9.17) is 5.26 Å². The van der Waals surface area contributed by atoms with E-state index in [0.29, 0.717) is 0 Å². The van der Waals surface area contributed by atoms with Gasteiger partial charge in [-0.15, -0.1) is 0 Å². The first kappa shape index (κ1) is 10.1. The fraction of sp³-hybridized carbons (Fsp3) is 0.143. The molecule has 1 heterocycles. The third-order valence-electron chi connectivity index (χ3n) is 1.38. The molecular formula is C7H3F2IN2O. The molecule has 0 spiro atoms. The number of hydrogen-bond donors (Lipinski definition) is 1. The molecule has 0 aliphatic carbocycles. The second-order valence-electron chi connectivity index (χ2n) is 2.19. The lowest BCUT2D eigenvalue weighted by Gasteiger charge is -2.01. The van der Waals surface area contributed by atoms with Crippen molar-refractivity contribution >= 4 is 22.6 Å². The van der Waals surface area contributed by atoms with Crippen LogP contribution in [0.3, 0.4) is 0 Å². The topological polar surface area (TPSA) is 56.6 Å². The van der Waals surface area contributed by atoms with Crippen molar-refractivity contribution in [2.75, 3.05) is 0 Å². The molecule has 3 nitrogen and oxygen atoms in total. The molecule has 0 radical (unpaired) electrons. The molecular weight excluding hydrogens is 293 g/mol. The molecule has 13 heavy (non-hydrogen) atoms. The molecule has 0 saturated heterocycles. The van der Waals surface area contributed by atoms with Crippen LogP contribution in [0.4, 0.5) is 8.78 Å². The highest BCUT2D eigenvalue weighted by Crippen LogP contribution is 2.20. The van der Waals surface area contributed by atoms with Gasteiger partial charge < -0.3 is 4.98 Å². The molecule has 1 aromatic rings. The summed E-state index contributed by atoms with van der Waals surface area (Å²) >= 11 is 1.70. The Hall–Kier alpha value is -0.970. The first-order valence-corrected chi connectivity index (χ1v) is 4.25. The lowest BCUT2D eigenvalue weighted by atomic mass is 10.1. The normalized spacial score (nSPS) is 10.1. The summed E-state index contributed by atoms with van der Waals surface area (Å²) in [5, 5.41) is 8.43. The zero-order valence-corrected chi connectivity index (χ0v) is 8.30. The van der Waals surface area contributed by atoms with E-state index in [1.807, 2.05) is 0 Å². The van der Waals surface area contributed by atoms with Crippen molar-refractivity contribution in [2.24, 2.45) is 0 Å². The van der Waals surface area contributed by atoms with Gasteiger partial charge in [-0.1, -0.05) is 0 Å². The van der Waals surface area contributed by atoms with Gasteiger partial charge in [0.15, 0.2) is 0 Å². The molecule has 0 unspecified atom stereocenters. The van der Waals surface area contributed by atoms with Crippen molar-refractivity contribution in [2.45, 2.75) is 6.43 Å². The predicted octanol–water partition coefficient (Wildman–Crippen LogP) is 1.79. The molecule has 68 valence electrons. The fourth-order valence-electron chi connectivity index (χ4n) is 0.834. The van der Waals surface area contributed by atoms with Gasteiger partial charge in [0.2, 0.25) is 0 Å². The van der Waals surface area contributed by atoms with Crippen LogP contribution in [-0.2, 0) is 0 Å². The van der Waals surface area contributed by atoms with Crippen LogP contribution >= 0.6 is 22.6 Å². The van der Waals surface area contributed by atoms with Gasteiger partial charge in [0.25, 0.3) is 12.0 Å². The summed E-state index contributed by atoms with van der Waals surface area (Å²) in [4.78, 5) is 13.2. The van der Waals surface area contributed by atoms with Crippen molar-refractivity contribution < 1.29 is 8.78 Å². The number of nitriles is 1. The molecule has 0 atom stereocenters. The van der Waals surface area contributed by atoms with Gasteiger partial charge in [-0.3, -0.25) is 4.79 Å². The van der Waals surface area contributed by atoms with E-state index in [1.54, 1.807) is 22.6 Å². The van der Waals surface area contributed by atoms with Crippen LogP contribution in [0.15, 0.2) is 10.9 Å². The van der Waals surface area contributed by atoms with Gasteiger partial charge in [0.1, 0.15) is 11.6 Å². The third-order valence-corrected chi connectivity index (χ3v) is 1.96. The summed E-state index contributed by atoms with van der Waals surface area (Å²) in [7, 11) is 0. The number of rotatable bonds is 1. The Balaban J connectivity index is 3.50. The van der Waals surface area contributed by atoms with Gasteiger partial charge in [0, 0.05) is 5.56 Å². The van der Waals surface area contributed by atoms with Crippen LogP contribution in [0.2, 0.25) is 0 Å². The summed E-state index contributed by atoms with van der Waals surface area (Å²) < 4.78 is 24.8. The minimum atomic E-state index is -2.80. The summed E-state index contributed by atoms with van der Waals surface area (Å²) in [6.45, 7) is 0. The number of halogens is 3. The highest BCUT2D eigenvalue weighted by atomic mass is 127. The smallest absolute Gasteiger partial charge is 0.267 e. The van der Waals surface area contributed by atoms with Crippen LogP contribution in [0, 0.1) is 15.0 Å². The maximum absolute atomic E-state index is 12.3. The van der Waals surface area contributed by atoms with Gasteiger partial charge in [-0.25, -0.2) is 8.78 Å². The Kier molecular flexibility index (Phi) is 2.98. The van der Waals surface area contributed by atoms with Crippen LogP contribution in [0.1, 0.15) is 17.6 Å². The monoisotopic (exact) mass is 296 g/mol. The highest BCUT2D eigenvalue weighted by molar-refractivity contribution is 14.1. The zero-order chi connectivity index (χ0) is 10.0. The minimum Gasteiger partial charge on any atom is -0.316 e. The first-order chi connectivity index (χ1) is 6.06. The highest BCUT2D eigenvalue weighted by Gasteiger charge is 2.16. The van der Waals surface area contributed by atoms with Crippen molar-refractivity contribution in [1.29, 1.82) is 5.26 Å². The van der Waals surface area contributed by atoms with E-state index in [0.717, 1.165) is 6.07 Å². The van der Waals surface area contributed by atoms with E-state index in [9.17, 15) is 13.6 Å². The van der Waals surface area contributed by atoms with Crippen molar-refractivity contribution in [3.8, 4) is 6.07 Å². The minimum absolute atomic E-state index is 0.289. The Morgan fingerprint density at radius 1 is 1.62 bits per heavy atom. The summed E-state index contributed by atoms with van der Waals surface area (Å²) in [6.07, 6.45) is -2.80. The SMILES string of the molecule is N#Cc1c(C(F)F)cc(I)[nH]c1=O. The number of aromatic nitrogens is 1. The summed E-state index contributed by atoms with van der Waals surface area (Å²) in [5.74, 6) is 0. The molecule has 0 bridgehead atoms. The maximum atomic E-state index is 12.3. The van der Waals surface area contributed by atoms with E-state index >= 15 is 0 Å². The number of aromatic amines is 1. The second kappa shape index (κ2) is 3.83.